The van der Waals surface area contributed by atoms with E-state index in [-0.39, 0.29) is 5.41 Å². The van der Waals surface area contributed by atoms with E-state index in [0.717, 1.165) is 33.9 Å². The summed E-state index contributed by atoms with van der Waals surface area (Å²) < 4.78 is 0. The minimum absolute atomic E-state index is 0.0883. The summed E-state index contributed by atoms with van der Waals surface area (Å²) in [5.74, 6) is 0.721. The van der Waals surface area contributed by atoms with E-state index >= 15 is 0 Å². The van der Waals surface area contributed by atoms with Crippen LogP contribution in [0.4, 0.5) is 0 Å². The van der Waals surface area contributed by atoms with Crippen molar-refractivity contribution in [3.05, 3.63) is 169 Å². The molecule has 1 aliphatic rings. The lowest BCUT2D eigenvalue weighted by Gasteiger charge is -2.22. The first-order valence-corrected chi connectivity index (χ1v) is 16.2. The summed E-state index contributed by atoms with van der Waals surface area (Å²) in [6.45, 7) is 4.65. The van der Waals surface area contributed by atoms with E-state index in [2.05, 4.69) is 166 Å². The number of hydrogen-bond acceptors (Lipinski definition) is 2. The summed E-state index contributed by atoms with van der Waals surface area (Å²) in [6, 6.07) is 56.5. The molecule has 0 bridgehead atoms. The minimum atomic E-state index is -0.0883. The van der Waals surface area contributed by atoms with Gasteiger partial charge < -0.3 is 0 Å². The second-order valence-electron chi connectivity index (χ2n) is 13.1. The first-order valence-electron chi connectivity index (χ1n) is 16.2. The van der Waals surface area contributed by atoms with E-state index in [1.807, 2.05) is 6.07 Å². The van der Waals surface area contributed by atoms with Crippen molar-refractivity contribution in [2.75, 3.05) is 0 Å². The Hall–Kier alpha value is -5.86. The molecule has 0 saturated carbocycles. The van der Waals surface area contributed by atoms with Gasteiger partial charge in [0.2, 0.25) is 0 Å². The van der Waals surface area contributed by atoms with Crippen molar-refractivity contribution in [1.29, 1.82) is 0 Å². The standard InChI is InChI=1S/C45H32N2/c1-45(2)40-15-9-8-14-38(40)39-25-23-35(27-41(39)45)43-28-42(34-22-24-37-33(26-34)21-18-31-12-6-7-13-36(31)37)46-44(47-43)32-19-16-30(17-20-32)29-10-4-3-5-11-29/h3-28H,1-2H3. The predicted octanol–water partition coefficient (Wildman–Crippen LogP) is 11.8. The van der Waals surface area contributed by atoms with Crippen molar-refractivity contribution >= 4 is 21.5 Å². The second-order valence-corrected chi connectivity index (χ2v) is 13.1. The number of rotatable bonds is 4. The maximum absolute atomic E-state index is 5.22. The molecule has 2 heteroatoms. The fourth-order valence-corrected chi connectivity index (χ4v) is 7.35. The monoisotopic (exact) mass is 600 g/mol. The molecule has 0 fully saturated rings. The lowest BCUT2D eigenvalue weighted by atomic mass is 9.82. The SMILES string of the molecule is CC1(C)c2ccccc2-c2ccc(-c3cc(-c4ccc5c(ccc6ccccc65)c4)nc(-c4ccc(-c5ccccc5)cc4)n3)cc21. The van der Waals surface area contributed by atoms with Gasteiger partial charge in [0.1, 0.15) is 0 Å². The summed E-state index contributed by atoms with van der Waals surface area (Å²) in [5, 5.41) is 4.96. The van der Waals surface area contributed by atoms with Crippen LogP contribution in [0.2, 0.25) is 0 Å². The van der Waals surface area contributed by atoms with Gasteiger partial charge in [-0.1, -0.05) is 153 Å². The van der Waals surface area contributed by atoms with Gasteiger partial charge >= 0.3 is 0 Å². The van der Waals surface area contributed by atoms with Crippen LogP contribution < -0.4 is 0 Å². The van der Waals surface area contributed by atoms with Gasteiger partial charge in [-0.2, -0.15) is 0 Å². The van der Waals surface area contributed by atoms with E-state index in [0.29, 0.717) is 0 Å². The summed E-state index contributed by atoms with van der Waals surface area (Å²) in [7, 11) is 0. The first kappa shape index (κ1) is 27.5. The Morgan fingerprint density at radius 2 is 0.957 bits per heavy atom. The average molecular weight is 601 g/mol. The average Bonchev–Trinajstić information content (AvgIpc) is 3.37. The zero-order valence-corrected chi connectivity index (χ0v) is 26.4. The van der Waals surface area contributed by atoms with Gasteiger partial charge in [-0.15, -0.1) is 0 Å². The maximum atomic E-state index is 5.22. The third kappa shape index (κ3) is 4.56. The summed E-state index contributed by atoms with van der Waals surface area (Å²) in [4.78, 5) is 10.4. The van der Waals surface area contributed by atoms with Gasteiger partial charge in [-0.25, -0.2) is 9.97 Å². The van der Waals surface area contributed by atoms with Crippen molar-refractivity contribution < 1.29 is 0 Å². The molecule has 0 atom stereocenters. The molecule has 0 N–H and O–H groups in total. The van der Waals surface area contributed by atoms with Crippen LogP contribution in [0.25, 0.3) is 77.7 Å². The van der Waals surface area contributed by atoms with E-state index < -0.39 is 0 Å². The van der Waals surface area contributed by atoms with Gasteiger partial charge in [0.05, 0.1) is 11.4 Å². The van der Waals surface area contributed by atoms with Gasteiger partial charge in [0.25, 0.3) is 0 Å². The predicted molar refractivity (Wildman–Crippen MR) is 196 cm³/mol. The smallest absolute Gasteiger partial charge is 0.160 e. The second kappa shape index (κ2) is 10.6. The molecule has 0 spiro atoms. The number of benzene rings is 7. The van der Waals surface area contributed by atoms with Crippen LogP contribution in [0.15, 0.2) is 158 Å². The quantitative estimate of drug-likeness (QED) is 0.188. The van der Waals surface area contributed by atoms with Crippen LogP contribution >= 0.6 is 0 Å². The molecule has 0 radical (unpaired) electrons. The van der Waals surface area contributed by atoms with E-state index in [1.165, 1.54) is 54.9 Å². The number of hydrogen-bond donors (Lipinski definition) is 0. The zero-order chi connectivity index (χ0) is 31.5. The topological polar surface area (TPSA) is 25.8 Å². The Labute approximate surface area is 275 Å². The fraction of sp³-hybridized carbons (Fsp3) is 0.0667. The molecule has 1 aromatic heterocycles. The summed E-state index contributed by atoms with van der Waals surface area (Å²) in [5.41, 5.74) is 12.6. The lowest BCUT2D eigenvalue weighted by molar-refractivity contribution is 0.660. The van der Waals surface area contributed by atoms with E-state index in [1.54, 1.807) is 0 Å². The van der Waals surface area contributed by atoms with Crippen LogP contribution in [0.3, 0.4) is 0 Å². The van der Waals surface area contributed by atoms with Crippen molar-refractivity contribution in [2.24, 2.45) is 0 Å². The Morgan fingerprint density at radius 3 is 1.79 bits per heavy atom. The summed E-state index contributed by atoms with van der Waals surface area (Å²) >= 11 is 0. The number of nitrogens with zero attached hydrogens (tertiary/aromatic N) is 2. The third-order valence-electron chi connectivity index (χ3n) is 9.90. The van der Waals surface area contributed by atoms with Crippen molar-refractivity contribution in [3.63, 3.8) is 0 Å². The molecule has 0 amide bonds. The molecular formula is C45H32N2. The highest BCUT2D eigenvalue weighted by Gasteiger charge is 2.35. The lowest BCUT2D eigenvalue weighted by Crippen LogP contribution is -2.14. The maximum Gasteiger partial charge on any atom is 0.160 e. The highest BCUT2D eigenvalue weighted by Crippen LogP contribution is 2.49. The molecule has 47 heavy (non-hydrogen) atoms. The van der Waals surface area contributed by atoms with Crippen molar-refractivity contribution in [1.82, 2.24) is 9.97 Å². The van der Waals surface area contributed by atoms with Crippen LogP contribution in [-0.2, 0) is 5.41 Å². The van der Waals surface area contributed by atoms with Crippen LogP contribution in [0.5, 0.6) is 0 Å². The van der Waals surface area contributed by atoms with Crippen LogP contribution in [0.1, 0.15) is 25.0 Å². The van der Waals surface area contributed by atoms with Gasteiger partial charge in [-0.05, 0) is 73.1 Å². The molecule has 222 valence electrons. The Balaban J connectivity index is 1.20. The van der Waals surface area contributed by atoms with E-state index in [9.17, 15) is 0 Å². The van der Waals surface area contributed by atoms with Crippen molar-refractivity contribution in [3.8, 4) is 56.2 Å². The van der Waals surface area contributed by atoms with Gasteiger partial charge in [-0.3, -0.25) is 0 Å². The molecule has 1 aliphatic carbocycles. The number of aromatic nitrogens is 2. The van der Waals surface area contributed by atoms with Crippen LogP contribution in [0, 0.1) is 0 Å². The molecule has 0 aliphatic heterocycles. The van der Waals surface area contributed by atoms with Gasteiger partial charge in [0.15, 0.2) is 5.82 Å². The fourth-order valence-electron chi connectivity index (χ4n) is 7.35. The molecule has 2 nitrogen and oxygen atoms in total. The Kier molecular flexibility index (Phi) is 6.20. The van der Waals surface area contributed by atoms with E-state index in [4.69, 9.17) is 9.97 Å². The molecule has 8 aromatic rings. The van der Waals surface area contributed by atoms with Gasteiger partial charge in [0, 0.05) is 22.1 Å². The molecule has 9 rings (SSSR count). The zero-order valence-electron chi connectivity index (χ0n) is 26.4. The molecule has 7 aromatic carbocycles. The first-order chi connectivity index (χ1) is 23.0. The molecular weight excluding hydrogens is 569 g/mol. The highest BCUT2D eigenvalue weighted by molar-refractivity contribution is 6.08. The number of fused-ring (bicyclic) bond motifs is 6. The highest BCUT2D eigenvalue weighted by atomic mass is 14.9. The summed E-state index contributed by atoms with van der Waals surface area (Å²) in [6.07, 6.45) is 0. The van der Waals surface area contributed by atoms with Crippen molar-refractivity contribution in [2.45, 2.75) is 19.3 Å². The molecule has 1 heterocycles. The molecule has 0 unspecified atom stereocenters. The Morgan fingerprint density at radius 1 is 0.383 bits per heavy atom. The third-order valence-corrected chi connectivity index (χ3v) is 9.90. The minimum Gasteiger partial charge on any atom is -0.228 e. The molecule has 0 saturated heterocycles. The normalized spacial score (nSPS) is 13.1. The largest absolute Gasteiger partial charge is 0.228 e. The van der Waals surface area contributed by atoms with Crippen LogP contribution in [-0.4, -0.2) is 9.97 Å². The Bertz CT molecular complexity index is 2470.